The molecule has 0 aromatic rings. The molecule has 0 aromatic heterocycles. The van der Waals surface area contributed by atoms with Crippen molar-refractivity contribution < 1.29 is 14.4 Å². The second kappa shape index (κ2) is 11.4. The van der Waals surface area contributed by atoms with E-state index in [-0.39, 0.29) is 0 Å². The number of carbonyl (C=O) groups is 1. The topological polar surface area (TPSA) is 40.1 Å². The molecule has 0 saturated heterocycles. The number of quaternary nitrogens is 1. The van der Waals surface area contributed by atoms with Crippen molar-refractivity contribution in [2.45, 2.75) is 33.6 Å². The summed E-state index contributed by atoms with van der Waals surface area (Å²) in [6.45, 7) is 17.8. The van der Waals surface area contributed by atoms with Crippen molar-refractivity contribution in [2.24, 2.45) is 0 Å². The van der Waals surface area contributed by atoms with Crippen molar-refractivity contribution in [1.29, 1.82) is 0 Å². The van der Waals surface area contributed by atoms with Crippen LogP contribution in [-0.4, -0.2) is 36.6 Å². The first kappa shape index (κ1) is 18.3. The second-order valence-electron chi connectivity index (χ2n) is 4.22. The SMILES string of the molecule is C=CC[N+](CC=C)(CCC)CCC.CC(=O)[O-]. The van der Waals surface area contributed by atoms with Gasteiger partial charge in [-0.15, -0.1) is 0 Å². The number of nitrogens with zero attached hydrogens (tertiary/aromatic N) is 1. The molecule has 0 aliphatic heterocycles. The van der Waals surface area contributed by atoms with E-state index in [4.69, 9.17) is 9.90 Å². The van der Waals surface area contributed by atoms with Gasteiger partial charge in [0.05, 0.1) is 26.2 Å². The molecule has 17 heavy (non-hydrogen) atoms. The van der Waals surface area contributed by atoms with Crippen LogP contribution in [0.4, 0.5) is 0 Å². The van der Waals surface area contributed by atoms with Crippen molar-refractivity contribution >= 4 is 5.97 Å². The van der Waals surface area contributed by atoms with Gasteiger partial charge in [-0.1, -0.05) is 27.0 Å². The predicted molar refractivity (Wildman–Crippen MR) is 71.4 cm³/mol. The second-order valence-corrected chi connectivity index (χ2v) is 4.22. The molecule has 0 spiro atoms. The molecule has 0 atom stereocenters. The van der Waals surface area contributed by atoms with E-state index in [1.807, 2.05) is 12.2 Å². The molecule has 0 saturated carbocycles. The Morgan fingerprint density at radius 2 is 1.41 bits per heavy atom. The van der Waals surface area contributed by atoms with Gasteiger partial charge in [0.25, 0.3) is 0 Å². The van der Waals surface area contributed by atoms with Crippen LogP contribution in [0.3, 0.4) is 0 Å². The van der Waals surface area contributed by atoms with Gasteiger partial charge in [0.15, 0.2) is 0 Å². The summed E-state index contributed by atoms with van der Waals surface area (Å²) < 4.78 is 1.14. The fourth-order valence-corrected chi connectivity index (χ4v) is 2.05. The number of hydrogen-bond donors (Lipinski definition) is 0. The average molecular weight is 241 g/mol. The van der Waals surface area contributed by atoms with Gasteiger partial charge in [0.1, 0.15) is 0 Å². The van der Waals surface area contributed by atoms with Gasteiger partial charge >= 0.3 is 0 Å². The Kier molecular flexibility index (Phi) is 12.3. The quantitative estimate of drug-likeness (QED) is 0.480. The largest absolute Gasteiger partial charge is 0.550 e. The Balaban J connectivity index is 0. The maximum atomic E-state index is 8.89. The van der Waals surface area contributed by atoms with Crippen LogP contribution in [0.5, 0.6) is 0 Å². The van der Waals surface area contributed by atoms with Crippen LogP contribution in [0, 0.1) is 0 Å². The molecule has 0 N–H and O–H groups in total. The van der Waals surface area contributed by atoms with E-state index in [2.05, 4.69) is 27.0 Å². The average Bonchev–Trinajstić information content (AvgIpc) is 2.18. The number of carboxylic acids is 1. The molecule has 0 amide bonds. The van der Waals surface area contributed by atoms with Gasteiger partial charge < -0.3 is 14.4 Å². The molecule has 0 bridgehead atoms. The van der Waals surface area contributed by atoms with E-state index in [9.17, 15) is 0 Å². The molecular weight excluding hydrogens is 214 g/mol. The maximum Gasteiger partial charge on any atom is 0.0973 e. The normalized spacial score (nSPS) is 10.1. The van der Waals surface area contributed by atoms with E-state index in [0.29, 0.717) is 0 Å². The summed E-state index contributed by atoms with van der Waals surface area (Å²) in [7, 11) is 0. The third-order valence-electron chi connectivity index (χ3n) is 2.43. The van der Waals surface area contributed by atoms with E-state index >= 15 is 0 Å². The minimum atomic E-state index is -1.08. The molecule has 3 heteroatoms. The number of aliphatic carboxylic acids is 1. The zero-order valence-corrected chi connectivity index (χ0v) is 11.6. The summed E-state index contributed by atoms with van der Waals surface area (Å²) in [6, 6.07) is 0. The van der Waals surface area contributed by atoms with Gasteiger partial charge in [-0.05, 0) is 31.9 Å². The first-order valence-corrected chi connectivity index (χ1v) is 6.22. The van der Waals surface area contributed by atoms with E-state index in [1.165, 1.54) is 25.9 Å². The van der Waals surface area contributed by atoms with Gasteiger partial charge in [-0.2, -0.15) is 0 Å². The molecule has 0 rings (SSSR count). The fourth-order valence-electron chi connectivity index (χ4n) is 2.05. The lowest BCUT2D eigenvalue weighted by atomic mass is 10.2. The molecule has 0 unspecified atom stereocenters. The minimum Gasteiger partial charge on any atom is -0.550 e. The molecule has 0 radical (unpaired) electrons. The van der Waals surface area contributed by atoms with Gasteiger partial charge in [0.2, 0.25) is 0 Å². The summed E-state index contributed by atoms with van der Waals surface area (Å²) in [5.41, 5.74) is 0. The minimum absolute atomic E-state index is 0.972. The molecule has 3 nitrogen and oxygen atoms in total. The lowest BCUT2D eigenvalue weighted by molar-refractivity contribution is -0.917. The number of hydrogen-bond acceptors (Lipinski definition) is 2. The lowest BCUT2D eigenvalue weighted by Gasteiger charge is -2.36. The van der Waals surface area contributed by atoms with Crippen LogP contribution < -0.4 is 5.11 Å². The molecule has 0 aromatic carbocycles. The van der Waals surface area contributed by atoms with Crippen molar-refractivity contribution in [3.8, 4) is 0 Å². The van der Waals surface area contributed by atoms with Crippen LogP contribution in [-0.2, 0) is 4.79 Å². The molecule has 100 valence electrons. The number of carbonyl (C=O) groups excluding carboxylic acids is 1. The highest BCUT2D eigenvalue weighted by molar-refractivity contribution is 5.60. The fraction of sp³-hybridized carbons (Fsp3) is 0.643. The monoisotopic (exact) mass is 241 g/mol. The van der Waals surface area contributed by atoms with Crippen molar-refractivity contribution in [3.05, 3.63) is 25.3 Å². The Morgan fingerprint density at radius 3 is 1.59 bits per heavy atom. The third kappa shape index (κ3) is 11.2. The Bertz CT molecular complexity index is 202. The summed E-state index contributed by atoms with van der Waals surface area (Å²) in [4.78, 5) is 8.89. The molecule has 0 fully saturated rings. The molecule has 0 heterocycles. The standard InChI is InChI=1S/C12H24N.C2H4O2/c1-5-9-13(10-6-2,11-7-3)12-8-4;1-2(3)4/h5-6H,1-2,7-12H2,3-4H3;1H3,(H,3,4)/q+1;/p-1. The summed E-state index contributed by atoms with van der Waals surface area (Å²) >= 11 is 0. The first-order chi connectivity index (χ1) is 7.97. The Morgan fingerprint density at radius 1 is 1.12 bits per heavy atom. The predicted octanol–water partition coefficient (Wildman–Crippen LogP) is 1.75. The van der Waals surface area contributed by atoms with Crippen molar-refractivity contribution in [2.75, 3.05) is 26.2 Å². The van der Waals surface area contributed by atoms with E-state index < -0.39 is 5.97 Å². The molecule has 0 aliphatic carbocycles. The molecule has 0 aliphatic rings. The van der Waals surface area contributed by atoms with Gasteiger partial charge in [-0.3, -0.25) is 0 Å². The zero-order chi connectivity index (χ0) is 13.7. The summed E-state index contributed by atoms with van der Waals surface area (Å²) in [5.74, 6) is -1.08. The highest BCUT2D eigenvalue weighted by Crippen LogP contribution is 2.10. The highest BCUT2D eigenvalue weighted by atomic mass is 16.4. The summed E-state index contributed by atoms with van der Waals surface area (Å²) in [6.07, 6.45) is 6.55. The van der Waals surface area contributed by atoms with Gasteiger partial charge in [-0.25, -0.2) is 0 Å². The van der Waals surface area contributed by atoms with E-state index in [0.717, 1.165) is 24.5 Å². The maximum absolute atomic E-state index is 8.89. The zero-order valence-electron chi connectivity index (χ0n) is 11.6. The Labute approximate surface area is 106 Å². The van der Waals surface area contributed by atoms with Crippen molar-refractivity contribution in [1.82, 2.24) is 0 Å². The summed E-state index contributed by atoms with van der Waals surface area (Å²) in [5, 5.41) is 8.89. The van der Waals surface area contributed by atoms with E-state index in [1.54, 1.807) is 0 Å². The smallest absolute Gasteiger partial charge is 0.0973 e. The van der Waals surface area contributed by atoms with Crippen molar-refractivity contribution in [3.63, 3.8) is 0 Å². The van der Waals surface area contributed by atoms with Crippen LogP contribution >= 0.6 is 0 Å². The number of carboxylic acid groups (broad SMARTS) is 1. The van der Waals surface area contributed by atoms with Crippen LogP contribution in [0.25, 0.3) is 0 Å². The Hall–Kier alpha value is -1.09. The van der Waals surface area contributed by atoms with Crippen LogP contribution in [0.15, 0.2) is 25.3 Å². The first-order valence-electron chi connectivity index (χ1n) is 6.22. The lowest BCUT2D eigenvalue weighted by Crippen LogP contribution is -2.49. The third-order valence-corrected chi connectivity index (χ3v) is 2.43. The molecular formula is C14H27NO2. The number of rotatable bonds is 8. The highest BCUT2D eigenvalue weighted by Gasteiger charge is 2.21. The van der Waals surface area contributed by atoms with Crippen LogP contribution in [0.2, 0.25) is 0 Å². The van der Waals surface area contributed by atoms with Gasteiger partial charge in [0, 0.05) is 5.97 Å². The van der Waals surface area contributed by atoms with Crippen LogP contribution in [0.1, 0.15) is 33.6 Å².